The summed E-state index contributed by atoms with van der Waals surface area (Å²) in [5.74, 6) is -0.806. The molecule has 7 nitrogen and oxygen atoms in total. The number of amides is 2. The molecule has 0 saturated carbocycles. The van der Waals surface area contributed by atoms with Crippen LogP contribution in [-0.4, -0.2) is 27.2 Å². The Labute approximate surface area is 137 Å². The number of hydrogen-bond acceptors (Lipinski definition) is 4. The molecule has 0 fully saturated rings. The first kappa shape index (κ1) is 17.1. The quantitative estimate of drug-likeness (QED) is 0.836. The monoisotopic (exact) mass is 393 g/mol. The first-order valence-electron chi connectivity index (χ1n) is 6.14. The highest BCUT2D eigenvalue weighted by Gasteiger charge is 2.33. The summed E-state index contributed by atoms with van der Waals surface area (Å²) in [4.78, 5) is 15.4. The molecule has 0 unspecified atom stereocenters. The molecule has 2 N–H and O–H groups in total. The van der Waals surface area contributed by atoms with Crippen LogP contribution in [0.4, 0.5) is 29.5 Å². The second-order valence-electron chi connectivity index (χ2n) is 4.38. The van der Waals surface area contributed by atoms with Gasteiger partial charge in [0.05, 0.1) is 22.1 Å². The van der Waals surface area contributed by atoms with Gasteiger partial charge in [0, 0.05) is 7.05 Å². The van der Waals surface area contributed by atoms with Crippen LogP contribution in [0, 0.1) is 6.92 Å². The van der Waals surface area contributed by atoms with Crippen molar-refractivity contribution in [3.8, 4) is 5.88 Å². The lowest BCUT2D eigenvalue weighted by Crippen LogP contribution is -2.22. The zero-order chi connectivity index (χ0) is 17.2. The third-order valence-electron chi connectivity index (χ3n) is 2.75. The second kappa shape index (κ2) is 6.44. The van der Waals surface area contributed by atoms with Gasteiger partial charge in [0.15, 0.2) is 0 Å². The maximum Gasteiger partial charge on any atom is 0.574 e. The van der Waals surface area contributed by atoms with Crippen LogP contribution in [0.1, 0.15) is 5.69 Å². The van der Waals surface area contributed by atoms with E-state index in [1.54, 1.807) is 18.7 Å². The highest BCUT2D eigenvalue weighted by molar-refractivity contribution is 9.10. The van der Waals surface area contributed by atoms with Crippen molar-refractivity contribution in [1.29, 1.82) is 0 Å². The molecular formula is C12H11BrF3N5O2. The van der Waals surface area contributed by atoms with E-state index in [1.807, 2.05) is 0 Å². The lowest BCUT2D eigenvalue weighted by molar-refractivity contribution is -0.276. The number of aryl methyl sites for hydroxylation is 1. The Kier molecular flexibility index (Phi) is 4.78. The van der Waals surface area contributed by atoms with Gasteiger partial charge in [-0.3, -0.25) is 10.00 Å². The van der Waals surface area contributed by atoms with Crippen LogP contribution in [0.2, 0.25) is 0 Å². The Balaban J connectivity index is 2.09. The number of nitrogens with one attached hydrogen (secondary N) is 2. The topological polar surface area (TPSA) is 81.1 Å². The van der Waals surface area contributed by atoms with Crippen LogP contribution in [0.5, 0.6) is 5.88 Å². The van der Waals surface area contributed by atoms with Crippen molar-refractivity contribution in [2.24, 2.45) is 7.05 Å². The van der Waals surface area contributed by atoms with Gasteiger partial charge < -0.3 is 10.1 Å². The maximum atomic E-state index is 12.3. The molecule has 2 aromatic heterocycles. The Morgan fingerprint density at radius 3 is 2.61 bits per heavy atom. The summed E-state index contributed by atoms with van der Waals surface area (Å²) in [7, 11) is 1.70. The number of urea groups is 1. The molecule has 2 heterocycles. The largest absolute Gasteiger partial charge is 0.574 e. The van der Waals surface area contributed by atoms with Crippen LogP contribution in [0.15, 0.2) is 22.8 Å². The minimum absolute atomic E-state index is 0.00360. The van der Waals surface area contributed by atoms with E-state index in [0.717, 1.165) is 0 Å². The van der Waals surface area contributed by atoms with Crippen LogP contribution in [0.25, 0.3) is 0 Å². The molecule has 23 heavy (non-hydrogen) atoms. The number of carbonyl (C=O) groups is 1. The number of halogens is 4. The SMILES string of the molecule is Cc1c(NC(=O)Nc2ccc(Br)c(OC(F)(F)F)n2)cnn1C. The van der Waals surface area contributed by atoms with Crippen molar-refractivity contribution in [3.63, 3.8) is 0 Å². The summed E-state index contributed by atoms with van der Waals surface area (Å²) < 4.78 is 42.1. The molecule has 0 aliphatic rings. The zero-order valence-corrected chi connectivity index (χ0v) is 13.5. The number of carbonyl (C=O) groups excluding carboxylic acids is 1. The highest BCUT2D eigenvalue weighted by atomic mass is 79.9. The first-order chi connectivity index (χ1) is 10.7. The Bertz CT molecular complexity index is 732. The summed E-state index contributed by atoms with van der Waals surface area (Å²) >= 11 is 2.89. The lowest BCUT2D eigenvalue weighted by atomic mass is 10.4. The van der Waals surface area contributed by atoms with Gasteiger partial charge in [-0.05, 0) is 35.0 Å². The second-order valence-corrected chi connectivity index (χ2v) is 5.23. The van der Waals surface area contributed by atoms with Gasteiger partial charge >= 0.3 is 12.4 Å². The molecule has 2 rings (SSSR count). The van der Waals surface area contributed by atoms with Crippen molar-refractivity contribution in [3.05, 3.63) is 28.5 Å². The van der Waals surface area contributed by atoms with Crippen molar-refractivity contribution in [2.45, 2.75) is 13.3 Å². The fourth-order valence-corrected chi connectivity index (χ4v) is 1.87. The minimum atomic E-state index is -4.89. The van der Waals surface area contributed by atoms with Crippen LogP contribution in [-0.2, 0) is 7.05 Å². The number of ether oxygens (including phenoxy) is 1. The Hall–Kier alpha value is -2.30. The Morgan fingerprint density at radius 2 is 2.04 bits per heavy atom. The molecule has 0 saturated heterocycles. The molecule has 124 valence electrons. The van der Waals surface area contributed by atoms with E-state index in [4.69, 9.17) is 0 Å². The van der Waals surface area contributed by atoms with Crippen molar-refractivity contribution in [2.75, 3.05) is 10.6 Å². The van der Waals surface area contributed by atoms with Crippen molar-refractivity contribution >= 4 is 33.5 Å². The summed E-state index contributed by atoms with van der Waals surface area (Å²) in [5.41, 5.74) is 1.18. The molecule has 0 spiro atoms. The smallest absolute Gasteiger partial charge is 0.387 e. The summed E-state index contributed by atoms with van der Waals surface area (Å²) in [6, 6.07) is 1.93. The fourth-order valence-electron chi connectivity index (χ4n) is 1.57. The molecule has 0 aliphatic heterocycles. The van der Waals surface area contributed by atoms with Crippen molar-refractivity contribution in [1.82, 2.24) is 14.8 Å². The van der Waals surface area contributed by atoms with Crippen LogP contribution in [0.3, 0.4) is 0 Å². The molecule has 0 bridgehead atoms. The normalized spacial score (nSPS) is 11.2. The number of anilines is 2. The molecule has 0 aromatic carbocycles. The first-order valence-corrected chi connectivity index (χ1v) is 6.94. The van der Waals surface area contributed by atoms with Gasteiger partial charge in [-0.2, -0.15) is 10.1 Å². The third-order valence-corrected chi connectivity index (χ3v) is 3.35. The van der Waals surface area contributed by atoms with E-state index < -0.39 is 18.3 Å². The predicted octanol–water partition coefficient (Wildman–Crippen LogP) is 3.43. The van der Waals surface area contributed by atoms with E-state index in [1.165, 1.54) is 18.3 Å². The standard InChI is InChI=1S/C12H11BrF3N5O2/c1-6-8(5-17-21(6)2)18-11(22)20-9-4-3-7(13)10(19-9)23-12(14,15)16/h3-5H,1-2H3,(H2,18,19,20,22). The fraction of sp³-hybridized carbons (Fsp3) is 0.250. The summed E-state index contributed by atoms with van der Waals surface area (Å²) in [6.07, 6.45) is -3.44. The number of aromatic nitrogens is 3. The number of pyridine rings is 1. The number of nitrogens with zero attached hydrogens (tertiary/aromatic N) is 3. The molecule has 0 atom stereocenters. The van der Waals surface area contributed by atoms with Gasteiger partial charge in [0.25, 0.3) is 0 Å². The molecule has 2 aromatic rings. The zero-order valence-electron chi connectivity index (χ0n) is 11.9. The predicted molar refractivity (Wildman–Crippen MR) is 79.2 cm³/mol. The number of rotatable bonds is 3. The van der Waals surface area contributed by atoms with Gasteiger partial charge in [0.1, 0.15) is 5.82 Å². The number of hydrogen-bond donors (Lipinski definition) is 2. The van der Waals surface area contributed by atoms with E-state index in [9.17, 15) is 18.0 Å². The van der Waals surface area contributed by atoms with Gasteiger partial charge in [-0.15, -0.1) is 13.2 Å². The molecule has 11 heteroatoms. The van der Waals surface area contributed by atoms with E-state index >= 15 is 0 Å². The van der Waals surface area contributed by atoms with Gasteiger partial charge in [-0.25, -0.2) is 4.79 Å². The van der Waals surface area contributed by atoms with Crippen LogP contribution >= 0.6 is 15.9 Å². The molecule has 2 amide bonds. The molecular weight excluding hydrogens is 383 g/mol. The number of alkyl halides is 3. The van der Waals surface area contributed by atoms with E-state index in [-0.39, 0.29) is 10.3 Å². The van der Waals surface area contributed by atoms with Gasteiger partial charge in [0.2, 0.25) is 5.88 Å². The van der Waals surface area contributed by atoms with Crippen molar-refractivity contribution < 1.29 is 22.7 Å². The average molecular weight is 394 g/mol. The summed E-state index contributed by atoms with van der Waals surface area (Å²) in [5, 5.41) is 8.78. The van der Waals surface area contributed by atoms with Gasteiger partial charge in [-0.1, -0.05) is 0 Å². The Morgan fingerprint density at radius 1 is 1.35 bits per heavy atom. The average Bonchev–Trinajstić information content (AvgIpc) is 2.73. The maximum absolute atomic E-state index is 12.3. The summed E-state index contributed by atoms with van der Waals surface area (Å²) in [6.45, 7) is 1.75. The van der Waals surface area contributed by atoms with E-state index in [2.05, 4.69) is 41.4 Å². The lowest BCUT2D eigenvalue weighted by Gasteiger charge is -2.11. The van der Waals surface area contributed by atoms with E-state index in [0.29, 0.717) is 11.4 Å². The molecule has 0 aliphatic carbocycles. The highest BCUT2D eigenvalue weighted by Crippen LogP contribution is 2.29. The van der Waals surface area contributed by atoms with Crippen LogP contribution < -0.4 is 15.4 Å². The third kappa shape index (κ3) is 4.58. The molecule has 0 radical (unpaired) electrons. The minimum Gasteiger partial charge on any atom is -0.387 e.